The van der Waals surface area contributed by atoms with Gasteiger partial charge in [0, 0.05) is 30.5 Å². The Kier molecular flexibility index (Phi) is 8.49. The molecule has 37 heavy (non-hydrogen) atoms. The van der Waals surface area contributed by atoms with Crippen molar-refractivity contribution in [1.82, 2.24) is 4.98 Å². The molecule has 1 unspecified atom stereocenters. The summed E-state index contributed by atoms with van der Waals surface area (Å²) in [6, 6.07) is 14.3. The molecule has 12 heteroatoms. The van der Waals surface area contributed by atoms with Gasteiger partial charge in [-0.2, -0.15) is 4.36 Å². The van der Waals surface area contributed by atoms with Crippen molar-refractivity contribution in [2.24, 2.45) is 4.36 Å². The molecule has 1 aliphatic heterocycles. The lowest BCUT2D eigenvalue weighted by Gasteiger charge is -2.26. The number of anilines is 3. The molecule has 0 bridgehead atoms. The zero-order valence-corrected chi connectivity index (χ0v) is 21.5. The van der Waals surface area contributed by atoms with Gasteiger partial charge in [-0.05, 0) is 67.4 Å². The summed E-state index contributed by atoms with van der Waals surface area (Å²) in [7, 11) is -1.06. The molecule has 1 fully saturated rings. The van der Waals surface area contributed by atoms with E-state index in [1.54, 1.807) is 29.2 Å². The molecular formula is C25H24ClN5O5S. The van der Waals surface area contributed by atoms with E-state index in [1.165, 1.54) is 43.6 Å². The maximum atomic E-state index is 13.2. The molecule has 4 rings (SSSR count). The number of rotatable bonds is 7. The molecule has 2 N–H and O–H groups in total. The van der Waals surface area contributed by atoms with Gasteiger partial charge in [0.2, 0.25) is 5.91 Å². The second-order valence-corrected chi connectivity index (χ2v) is 9.55. The molecule has 1 aromatic heterocycles. The molecule has 192 valence electrons. The fraction of sp³-hybridized carbons (Fsp3) is 0.200. The largest absolute Gasteiger partial charge is 0.322 e. The number of halogens is 1. The highest BCUT2D eigenvalue weighted by Crippen LogP contribution is 2.26. The van der Waals surface area contributed by atoms with Crippen molar-refractivity contribution in [3.8, 4) is 0 Å². The van der Waals surface area contributed by atoms with Crippen LogP contribution in [0, 0.1) is 0 Å². The van der Waals surface area contributed by atoms with E-state index in [0.29, 0.717) is 23.7 Å². The summed E-state index contributed by atoms with van der Waals surface area (Å²) in [5, 5.41) is 5.83. The molecule has 3 aromatic rings. The van der Waals surface area contributed by atoms with Crippen molar-refractivity contribution >= 4 is 62.9 Å². The lowest BCUT2D eigenvalue weighted by atomic mass is 10.1. The number of aromatic nitrogens is 1. The molecule has 0 saturated carbocycles. The number of benzene rings is 2. The number of carbonyl (C=O) groups excluding carboxylic acids is 3. The Bertz CT molecular complexity index is 1410. The summed E-state index contributed by atoms with van der Waals surface area (Å²) in [6.07, 6.45) is 3.70. The molecule has 2 aromatic carbocycles. The Labute approximate surface area is 220 Å². The van der Waals surface area contributed by atoms with Crippen LogP contribution in [-0.4, -0.2) is 40.6 Å². The second-order valence-electron chi connectivity index (χ2n) is 8.07. The van der Waals surface area contributed by atoms with Crippen LogP contribution in [0.25, 0.3) is 0 Å². The van der Waals surface area contributed by atoms with Crippen LogP contribution in [0.15, 0.2) is 65.2 Å². The van der Waals surface area contributed by atoms with Gasteiger partial charge in [0.1, 0.15) is 5.69 Å². The van der Waals surface area contributed by atoms with Gasteiger partial charge in [-0.25, -0.2) is 9.19 Å². The van der Waals surface area contributed by atoms with E-state index in [-0.39, 0.29) is 28.5 Å². The van der Waals surface area contributed by atoms with E-state index in [0.717, 1.165) is 18.5 Å². The van der Waals surface area contributed by atoms with E-state index in [2.05, 4.69) is 20.0 Å². The zero-order chi connectivity index (χ0) is 26.4. The minimum absolute atomic E-state index is 0.0774. The third-order valence-corrected chi connectivity index (χ3v) is 6.50. The Morgan fingerprint density at radius 2 is 1.84 bits per heavy atom. The third-order valence-electron chi connectivity index (χ3n) is 5.57. The molecular weight excluding hydrogens is 518 g/mol. The van der Waals surface area contributed by atoms with Crippen LogP contribution >= 0.6 is 11.6 Å². The van der Waals surface area contributed by atoms with Crippen molar-refractivity contribution in [3.05, 3.63) is 77.1 Å². The van der Waals surface area contributed by atoms with Crippen LogP contribution in [0.2, 0.25) is 5.02 Å². The third kappa shape index (κ3) is 6.70. The van der Waals surface area contributed by atoms with Gasteiger partial charge in [0.05, 0.1) is 29.1 Å². The van der Waals surface area contributed by atoms with Crippen LogP contribution in [-0.2, 0) is 19.9 Å². The van der Waals surface area contributed by atoms with Gasteiger partial charge in [-0.3, -0.25) is 18.6 Å². The summed E-state index contributed by atoms with van der Waals surface area (Å²) in [5.74, 6) is -1.01. The first-order chi connectivity index (χ1) is 17.8. The smallest absolute Gasteiger partial charge is 0.274 e. The number of hydrogen-bond donors (Lipinski definition) is 3. The molecule has 0 spiro atoms. The van der Waals surface area contributed by atoms with Crippen LogP contribution in [0.4, 0.5) is 22.7 Å². The Morgan fingerprint density at radius 1 is 1.05 bits per heavy atom. The lowest BCUT2D eigenvalue weighted by Crippen LogP contribution is -2.35. The predicted octanol–water partition coefficient (Wildman–Crippen LogP) is 4.61. The summed E-state index contributed by atoms with van der Waals surface area (Å²) in [5.41, 5.74) is 1.86. The van der Waals surface area contributed by atoms with Gasteiger partial charge >= 0.3 is 0 Å². The molecule has 1 atom stereocenters. The van der Waals surface area contributed by atoms with Gasteiger partial charge in [-0.15, -0.1) is 0 Å². The average molecular weight is 542 g/mol. The van der Waals surface area contributed by atoms with Crippen molar-refractivity contribution < 1.29 is 22.8 Å². The molecule has 0 aliphatic carbocycles. The molecule has 1 aliphatic rings. The highest BCUT2D eigenvalue weighted by molar-refractivity contribution is 7.69. The first-order valence-corrected chi connectivity index (χ1v) is 12.9. The molecule has 0 radical (unpaired) electrons. The Morgan fingerprint density at radius 3 is 2.51 bits per heavy atom. The van der Waals surface area contributed by atoms with Crippen molar-refractivity contribution in [3.63, 3.8) is 0 Å². The number of thiol groups is 1. The fourth-order valence-electron chi connectivity index (χ4n) is 3.72. The standard InChI is InChI=1S/C25H24ClN5O5S/c1-36-37(35)30-18-8-12-21(29-25(34)22-11-5-16(26)15-27-22)20(14-18)24(33)28-17-6-9-19(10-7-17)31-13-3-2-4-23(31)32/h5-12,14-15,37H,2-4,13H2,1H3,(H,28,33)(H,29,34). The number of amides is 3. The maximum absolute atomic E-state index is 13.2. The molecule has 10 nitrogen and oxygen atoms in total. The number of nitrogens with zero attached hydrogens (tertiary/aromatic N) is 3. The van der Waals surface area contributed by atoms with Crippen molar-refractivity contribution in [2.75, 3.05) is 29.2 Å². The van der Waals surface area contributed by atoms with Crippen LogP contribution in [0.1, 0.15) is 40.1 Å². The first-order valence-electron chi connectivity index (χ1n) is 11.4. The van der Waals surface area contributed by atoms with Gasteiger partial charge in [-0.1, -0.05) is 11.6 Å². The number of pyridine rings is 1. The number of carbonyl (C=O) groups is 3. The molecule has 3 amide bonds. The van der Waals surface area contributed by atoms with E-state index < -0.39 is 22.7 Å². The predicted molar refractivity (Wildman–Crippen MR) is 143 cm³/mol. The number of hydrogen-bond acceptors (Lipinski definition) is 7. The zero-order valence-electron chi connectivity index (χ0n) is 19.8. The Hall–Kier alpha value is -3.80. The minimum atomic E-state index is -2.31. The average Bonchev–Trinajstić information content (AvgIpc) is 2.90. The highest BCUT2D eigenvalue weighted by Gasteiger charge is 2.20. The normalized spacial score (nSPS) is 14.3. The Balaban J connectivity index is 1.58. The summed E-state index contributed by atoms with van der Waals surface area (Å²) in [6.45, 7) is 0.663. The fourth-order valence-corrected chi connectivity index (χ4v) is 4.23. The van der Waals surface area contributed by atoms with Crippen LogP contribution in [0.5, 0.6) is 0 Å². The summed E-state index contributed by atoms with van der Waals surface area (Å²) in [4.78, 5) is 43.9. The monoisotopic (exact) mass is 541 g/mol. The van der Waals surface area contributed by atoms with Crippen LogP contribution in [0.3, 0.4) is 0 Å². The van der Waals surface area contributed by atoms with Crippen molar-refractivity contribution in [1.29, 1.82) is 0 Å². The summed E-state index contributed by atoms with van der Waals surface area (Å²) >= 11 is 5.84. The minimum Gasteiger partial charge on any atom is -0.322 e. The second kappa shape index (κ2) is 12.0. The highest BCUT2D eigenvalue weighted by atomic mass is 35.5. The topological polar surface area (TPSA) is 130 Å². The van der Waals surface area contributed by atoms with Gasteiger partial charge in [0.15, 0.2) is 10.9 Å². The van der Waals surface area contributed by atoms with E-state index >= 15 is 0 Å². The van der Waals surface area contributed by atoms with E-state index in [9.17, 15) is 18.6 Å². The lowest BCUT2D eigenvalue weighted by molar-refractivity contribution is -0.119. The van der Waals surface area contributed by atoms with Gasteiger partial charge in [0.25, 0.3) is 11.8 Å². The number of piperidine rings is 1. The molecule has 1 saturated heterocycles. The van der Waals surface area contributed by atoms with Crippen LogP contribution < -0.4 is 15.5 Å². The van der Waals surface area contributed by atoms with Crippen molar-refractivity contribution in [2.45, 2.75) is 19.3 Å². The van der Waals surface area contributed by atoms with E-state index in [1.807, 2.05) is 0 Å². The SMILES string of the molecule is CO[SH](=O)=Nc1ccc(NC(=O)c2ccc(Cl)cn2)c(C(=O)Nc2ccc(N3CCCCC3=O)cc2)c1. The van der Waals surface area contributed by atoms with E-state index in [4.69, 9.17) is 15.8 Å². The molecule has 2 heterocycles. The quantitative estimate of drug-likeness (QED) is 0.374. The number of nitrogens with one attached hydrogen (secondary N) is 2. The van der Waals surface area contributed by atoms with Gasteiger partial charge < -0.3 is 15.5 Å². The maximum Gasteiger partial charge on any atom is 0.274 e. The first kappa shape index (κ1) is 26.3. The summed E-state index contributed by atoms with van der Waals surface area (Å²) < 4.78 is 20.4.